The van der Waals surface area contributed by atoms with Crippen LogP contribution in [0.1, 0.15) is 33.1 Å². The molecule has 0 N–H and O–H groups in total. The molecule has 5 aromatic rings. The first kappa shape index (κ1) is 24.1. The number of nitrogens with zero attached hydrogens (tertiary/aromatic N) is 3. The Morgan fingerprint density at radius 1 is 0.973 bits per heavy atom. The number of rotatable bonds is 9. The van der Waals surface area contributed by atoms with Crippen molar-refractivity contribution in [1.29, 1.82) is 0 Å². The average molecular weight is 494 g/mol. The lowest BCUT2D eigenvalue weighted by Crippen LogP contribution is -2.09. The molecule has 0 aliphatic carbocycles. The van der Waals surface area contributed by atoms with E-state index in [-0.39, 0.29) is 0 Å². The molecule has 0 fully saturated rings. The average Bonchev–Trinajstić information content (AvgIpc) is 3.53. The van der Waals surface area contributed by atoms with Crippen LogP contribution in [0.25, 0.3) is 17.1 Å². The van der Waals surface area contributed by atoms with Gasteiger partial charge in [-0.05, 0) is 48.9 Å². The number of oxazole rings is 1. The third-order valence-electron chi connectivity index (χ3n) is 6.07. The fraction of sp³-hybridized carbons (Fsp3) is 0.167. The second kappa shape index (κ2) is 11.0. The van der Waals surface area contributed by atoms with Gasteiger partial charge in [0, 0.05) is 18.4 Å². The summed E-state index contributed by atoms with van der Waals surface area (Å²) < 4.78 is 18.7. The summed E-state index contributed by atoms with van der Waals surface area (Å²) in [5.41, 5.74) is 4.88. The predicted octanol–water partition coefficient (Wildman–Crippen LogP) is 5.83. The number of benzene rings is 3. The van der Waals surface area contributed by atoms with E-state index < -0.39 is 5.97 Å². The zero-order chi connectivity index (χ0) is 25.6. The highest BCUT2D eigenvalue weighted by atomic mass is 16.5. The van der Waals surface area contributed by atoms with E-state index in [0.29, 0.717) is 30.9 Å². The first-order valence-corrected chi connectivity index (χ1v) is 12.1. The smallest absolute Gasteiger partial charge is 0.341 e. The zero-order valence-electron chi connectivity index (χ0n) is 20.8. The van der Waals surface area contributed by atoms with Crippen molar-refractivity contribution in [2.45, 2.75) is 19.8 Å². The van der Waals surface area contributed by atoms with E-state index in [1.54, 1.807) is 10.9 Å². The lowest BCUT2D eigenvalue weighted by molar-refractivity contribution is 0.0599. The second-order valence-corrected chi connectivity index (χ2v) is 8.55. The van der Waals surface area contributed by atoms with E-state index in [9.17, 15) is 4.79 Å². The maximum Gasteiger partial charge on any atom is 0.341 e. The number of carbonyl (C=O) groups excluding carboxylic acids is 1. The standard InChI is InChI=1S/C30H27N3O4/c1-21-27(32-29(37-21)23-11-5-3-6-12-23)16-17-36-25-15-9-10-22(18-25)19-28-26(30(34)35-2)20-31-33(28)24-13-7-4-8-14-24/h3-15,18,20H,16-17,19H2,1-2H3. The van der Waals surface area contributed by atoms with Gasteiger partial charge in [-0.3, -0.25) is 0 Å². The van der Waals surface area contributed by atoms with Crippen LogP contribution in [-0.2, 0) is 17.6 Å². The van der Waals surface area contributed by atoms with Crippen molar-refractivity contribution in [3.05, 3.63) is 119 Å². The Hall–Kier alpha value is -4.65. The Labute approximate surface area is 215 Å². The minimum Gasteiger partial charge on any atom is -0.493 e. The molecule has 5 rings (SSSR count). The van der Waals surface area contributed by atoms with Crippen molar-refractivity contribution in [1.82, 2.24) is 14.8 Å². The van der Waals surface area contributed by atoms with Crippen LogP contribution in [-0.4, -0.2) is 34.5 Å². The Bertz CT molecular complexity index is 1490. The Kier molecular flexibility index (Phi) is 7.12. The fourth-order valence-corrected chi connectivity index (χ4v) is 4.18. The molecule has 0 spiro atoms. The van der Waals surface area contributed by atoms with Gasteiger partial charge in [-0.25, -0.2) is 14.5 Å². The van der Waals surface area contributed by atoms with Crippen LogP contribution in [0, 0.1) is 6.92 Å². The van der Waals surface area contributed by atoms with Gasteiger partial charge in [-0.15, -0.1) is 0 Å². The SMILES string of the molecule is COC(=O)c1cnn(-c2ccccc2)c1Cc1cccc(OCCc2nc(-c3ccccc3)oc2C)c1. The molecule has 2 aromatic heterocycles. The third kappa shape index (κ3) is 5.46. The van der Waals surface area contributed by atoms with Gasteiger partial charge in [0.05, 0.1) is 37.0 Å². The number of ether oxygens (including phenoxy) is 2. The van der Waals surface area contributed by atoms with Crippen LogP contribution in [0.2, 0.25) is 0 Å². The molecule has 3 aromatic carbocycles. The van der Waals surface area contributed by atoms with E-state index >= 15 is 0 Å². The maximum absolute atomic E-state index is 12.4. The summed E-state index contributed by atoms with van der Waals surface area (Å²) in [6.45, 7) is 2.38. The van der Waals surface area contributed by atoms with Gasteiger partial charge < -0.3 is 13.9 Å². The van der Waals surface area contributed by atoms with E-state index in [1.165, 1.54) is 7.11 Å². The molecule has 0 radical (unpaired) electrons. The molecular weight excluding hydrogens is 466 g/mol. The van der Waals surface area contributed by atoms with Crippen LogP contribution >= 0.6 is 0 Å². The van der Waals surface area contributed by atoms with Crippen molar-refractivity contribution in [3.8, 4) is 22.9 Å². The summed E-state index contributed by atoms with van der Waals surface area (Å²) in [5.74, 6) is 1.74. The van der Waals surface area contributed by atoms with Crippen molar-refractivity contribution in [2.75, 3.05) is 13.7 Å². The number of hydrogen-bond acceptors (Lipinski definition) is 6. The maximum atomic E-state index is 12.4. The van der Waals surface area contributed by atoms with E-state index in [4.69, 9.17) is 13.9 Å². The lowest BCUT2D eigenvalue weighted by atomic mass is 10.1. The highest BCUT2D eigenvalue weighted by molar-refractivity contribution is 5.90. The van der Waals surface area contributed by atoms with Crippen LogP contribution in [0.3, 0.4) is 0 Å². The molecule has 0 amide bonds. The zero-order valence-corrected chi connectivity index (χ0v) is 20.8. The van der Waals surface area contributed by atoms with Gasteiger partial charge in [0.2, 0.25) is 5.89 Å². The Morgan fingerprint density at radius 3 is 2.49 bits per heavy atom. The fourth-order valence-electron chi connectivity index (χ4n) is 4.18. The van der Waals surface area contributed by atoms with Gasteiger partial charge in [0.15, 0.2) is 0 Å². The van der Waals surface area contributed by atoms with Gasteiger partial charge in [-0.1, -0.05) is 48.5 Å². The normalized spacial score (nSPS) is 10.9. The number of aromatic nitrogens is 3. The molecular formula is C30H27N3O4. The van der Waals surface area contributed by atoms with Crippen LogP contribution in [0.4, 0.5) is 0 Å². The van der Waals surface area contributed by atoms with Crippen molar-refractivity contribution in [2.24, 2.45) is 0 Å². The monoisotopic (exact) mass is 493 g/mol. The molecule has 0 unspecified atom stereocenters. The first-order valence-electron chi connectivity index (χ1n) is 12.1. The van der Waals surface area contributed by atoms with Gasteiger partial charge in [0.1, 0.15) is 17.1 Å². The lowest BCUT2D eigenvalue weighted by Gasteiger charge is -2.11. The first-order chi connectivity index (χ1) is 18.1. The Balaban J connectivity index is 1.30. The topological polar surface area (TPSA) is 79.4 Å². The molecule has 0 saturated carbocycles. The molecule has 0 aliphatic rings. The summed E-state index contributed by atoms with van der Waals surface area (Å²) in [6, 6.07) is 27.4. The summed E-state index contributed by atoms with van der Waals surface area (Å²) in [5, 5.41) is 4.46. The number of esters is 1. The molecule has 0 saturated heterocycles. The van der Waals surface area contributed by atoms with E-state index in [1.807, 2.05) is 91.9 Å². The summed E-state index contributed by atoms with van der Waals surface area (Å²) >= 11 is 0. The van der Waals surface area contributed by atoms with Crippen LogP contribution < -0.4 is 4.74 Å². The van der Waals surface area contributed by atoms with Crippen molar-refractivity contribution in [3.63, 3.8) is 0 Å². The quantitative estimate of drug-likeness (QED) is 0.240. The van der Waals surface area contributed by atoms with Crippen molar-refractivity contribution < 1.29 is 18.7 Å². The van der Waals surface area contributed by atoms with Gasteiger partial charge >= 0.3 is 5.97 Å². The molecule has 186 valence electrons. The van der Waals surface area contributed by atoms with E-state index in [2.05, 4.69) is 10.1 Å². The molecule has 0 bridgehead atoms. The molecule has 7 heteroatoms. The predicted molar refractivity (Wildman–Crippen MR) is 140 cm³/mol. The number of carbonyl (C=O) groups is 1. The molecule has 2 heterocycles. The molecule has 0 aliphatic heterocycles. The highest BCUT2D eigenvalue weighted by Gasteiger charge is 2.19. The van der Waals surface area contributed by atoms with Gasteiger partial charge in [-0.2, -0.15) is 5.10 Å². The van der Waals surface area contributed by atoms with Crippen LogP contribution in [0.15, 0.2) is 95.5 Å². The number of methoxy groups -OCH3 is 1. The summed E-state index contributed by atoms with van der Waals surface area (Å²) in [6.07, 6.45) is 2.66. The van der Waals surface area contributed by atoms with Crippen molar-refractivity contribution >= 4 is 5.97 Å². The highest BCUT2D eigenvalue weighted by Crippen LogP contribution is 2.24. The van der Waals surface area contributed by atoms with Crippen LogP contribution in [0.5, 0.6) is 5.75 Å². The minimum atomic E-state index is -0.414. The largest absolute Gasteiger partial charge is 0.493 e. The number of hydrogen-bond donors (Lipinski definition) is 0. The third-order valence-corrected chi connectivity index (χ3v) is 6.07. The number of aryl methyl sites for hydroxylation is 1. The molecule has 7 nitrogen and oxygen atoms in total. The second-order valence-electron chi connectivity index (χ2n) is 8.55. The Morgan fingerprint density at radius 2 is 1.73 bits per heavy atom. The number of para-hydroxylation sites is 1. The molecule has 0 atom stereocenters. The van der Waals surface area contributed by atoms with Gasteiger partial charge in [0.25, 0.3) is 0 Å². The van der Waals surface area contributed by atoms with E-state index in [0.717, 1.165) is 39.7 Å². The minimum absolute atomic E-state index is 0.414. The summed E-state index contributed by atoms with van der Waals surface area (Å²) in [7, 11) is 1.37. The summed E-state index contributed by atoms with van der Waals surface area (Å²) in [4.78, 5) is 17.1. The molecule has 37 heavy (non-hydrogen) atoms.